The molecule has 1 aliphatic rings. The summed E-state index contributed by atoms with van der Waals surface area (Å²) in [6.45, 7) is 0. The van der Waals surface area contributed by atoms with E-state index in [4.69, 9.17) is 11.0 Å². The van der Waals surface area contributed by atoms with Gasteiger partial charge in [0.25, 0.3) is 0 Å². The first kappa shape index (κ1) is 10.2. The Bertz CT molecular complexity index is 355. The Morgan fingerprint density at radius 3 is 2.33 bits per heavy atom. The summed E-state index contributed by atoms with van der Waals surface area (Å²) in [4.78, 5) is 0. The lowest BCUT2D eigenvalue weighted by Gasteiger charge is -2.19. The molecule has 1 fully saturated rings. The van der Waals surface area contributed by atoms with Crippen LogP contribution in [0.3, 0.4) is 0 Å². The Morgan fingerprint density at radius 1 is 1.20 bits per heavy atom. The Kier molecular flexibility index (Phi) is 3.03. The fourth-order valence-electron chi connectivity index (χ4n) is 2.37. The fraction of sp³-hybridized carbons (Fsp3) is 0.462. The highest BCUT2D eigenvalue weighted by molar-refractivity contribution is 5.33. The van der Waals surface area contributed by atoms with Gasteiger partial charge in [-0.15, -0.1) is 0 Å². The highest BCUT2D eigenvalue weighted by Gasteiger charge is 2.22. The maximum Gasteiger partial charge on any atom is 0.0991 e. The van der Waals surface area contributed by atoms with E-state index >= 15 is 0 Å². The van der Waals surface area contributed by atoms with Gasteiger partial charge in [-0.1, -0.05) is 25.0 Å². The molecule has 2 nitrogen and oxygen atoms in total. The third-order valence-corrected chi connectivity index (χ3v) is 3.33. The maximum absolute atomic E-state index is 8.70. The molecule has 0 radical (unpaired) electrons. The standard InChI is InChI=1S/C13H16N2/c14-9-10-5-7-12(8-6-10)13(15)11-3-1-2-4-11/h5-8,11,13H,1-4,15H2/t13-/m0/s1. The van der Waals surface area contributed by atoms with Crippen LogP contribution in [0.4, 0.5) is 0 Å². The minimum Gasteiger partial charge on any atom is -0.324 e. The first-order valence-corrected chi connectivity index (χ1v) is 5.57. The Balaban J connectivity index is 2.11. The maximum atomic E-state index is 8.70. The van der Waals surface area contributed by atoms with Gasteiger partial charge >= 0.3 is 0 Å². The molecule has 0 heterocycles. The minimum absolute atomic E-state index is 0.153. The molecule has 2 heteroatoms. The van der Waals surface area contributed by atoms with Crippen molar-refractivity contribution < 1.29 is 0 Å². The molecule has 0 aliphatic heterocycles. The third-order valence-electron chi connectivity index (χ3n) is 3.33. The molecule has 1 aromatic carbocycles. The second-order valence-electron chi connectivity index (χ2n) is 4.30. The number of nitriles is 1. The zero-order valence-corrected chi connectivity index (χ0v) is 8.82. The summed E-state index contributed by atoms with van der Waals surface area (Å²) in [5.74, 6) is 0.637. The summed E-state index contributed by atoms with van der Waals surface area (Å²) in [5.41, 5.74) is 8.08. The van der Waals surface area contributed by atoms with Crippen molar-refractivity contribution in [2.24, 2.45) is 11.7 Å². The number of nitrogens with two attached hydrogens (primary N) is 1. The number of nitrogens with zero attached hydrogens (tertiary/aromatic N) is 1. The molecule has 0 spiro atoms. The highest BCUT2D eigenvalue weighted by atomic mass is 14.7. The zero-order chi connectivity index (χ0) is 10.7. The Hall–Kier alpha value is -1.33. The van der Waals surface area contributed by atoms with Crippen molar-refractivity contribution in [1.29, 1.82) is 5.26 Å². The van der Waals surface area contributed by atoms with Crippen molar-refractivity contribution in [2.45, 2.75) is 31.7 Å². The van der Waals surface area contributed by atoms with Gasteiger partial charge in [-0.2, -0.15) is 5.26 Å². The number of hydrogen-bond donors (Lipinski definition) is 1. The van der Waals surface area contributed by atoms with Crippen molar-refractivity contribution in [1.82, 2.24) is 0 Å². The first-order valence-electron chi connectivity index (χ1n) is 5.57. The van der Waals surface area contributed by atoms with E-state index in [1.807, 2.05) is 24.3 Å². The molecule has 1 atom stereocenters. The van der Waals surface area contributed by atoms with E-state index in [2.05, 4.69) is 6.07 Å². The normalized spacial score (nSPS) is 18.7. The van der Waals surface area contributed by atoms with Gasteiger partial charge in [0.2, 0.25) is 0 Å². The lowest BCUT2D eigenvalue weighted by molar-refractivity contribution is 0.445. The second-order valence-corrected chi connectivity index (χ2v) is 4.30. The quantitative estimate of drug-likeness (QED) is 0.798. The fourth-order valence-corrected chi connectivity index (χ4v) is 2.37. The zero-order valence-electron chi connectivity index (χ0n) is 8.82. The van der Waals surface area contributed by atoms with E-state index < -0.39 is 0 Å². The van der Waals surface area contributed by atoms with E-state index in [0.717, 1.165) is 0 Å². The molecule has 1 aromatic rings. The van der Waals surface area contributed by atoms with Crippen LogP contribution in [0.5, 0.6) is 0 Å². The Labute approximate surface area is 90.7 Å². The third kappa shape index (κ3) is 2.19. The summed E-state index contributed by atoms with van der Waals surface area (Å²) < 4.78 is 0. The molecule has 1 aliphatic carbocycles. The van der Waals surface area contributed by atoms with Crippen molar-refractivity contribution in [3.8, 4) is 6.07 Å². The van der Waals surface area contributed by atoms with Crippen LogP contribution in [0, 0.1) is 17.2 Å². The van der Waals surface area contributed by atoms with Gasteiger partial charge < -0.3 is 5.73 Å². The van der Waals surface area contributed by atoms with Crippen LogP contribution in [0.25, 0.3) is 0 Å². The summed E-state index contributed by atoms with van der Waals surface area (Å²) in [7, 11) is 0. The van der Waals surface area contributed by atoms with Crippen LogP contribution >= 0.6 is 0 Å². The minimum atomic E-state index is 0.153. The van der Waals surface area contributed by atoms with Gasteiger partial charge in [0.05, 0.1) is 11.6 Å². The van der Waals surface area contributed by atoms with Crippen molar-refractivity contribution in [3.05, 3.63) is 35.4 Å². The summed E-state index contributed by atoms with van der Waals surface area (Å²) in [6, 6.07) is 9.95. The molecule has 2 rings (SSSR count). The van der Waals surface area contributed by atoms with Gasteiger partial charge in [0.1, 0.15) is 0 Å². The molecule has 0 amide bonds. The predicted octanol–water partition coefficient (Wildman–Crippen LogP) is 2.75. The number of hydrogen-bond acceptors (Lipinski definition) is 2. The molecule has 0 unspecified atom stereocenters. The largest absolute Gasteiger partial charge is 0.324 e. The lowest BCUT2D eigenvalue weighted by Crippen LogP contribution is -2.18. The van der Waals surface area contributed by atoms with Crippen LogP contribution in [-0.2, 0) is 0 Å². The van der Waals surface area contributed by atoms with E-state index in [1.54, 1.807) is 0 Å². The van der Waals surface area contributed by atoms with Gasteiger partial charge in [-0.25, -0.2) is 0 Å². The lowest BCUT2D eigenvalue weighted by atomic mass is 9.92. The van der Waals surface area contributed by atoms with Gasteiger partial charge in [-0.3, -0.25) is 0 Å². The SMILES string of the molecule is N#Cc1ccc([C@@H](N)C2CCCC2)cc1. The van der Waals surface area contributed by atoms with Crippen molar-refractivity contribution >= 4 is 0 Å². The van der Waals surface area contributed by atoms with E-state index in [-0.39, 0.29) is 6.04 Å². The van der Waals surface area contributed by atoms with Crippen LogP contribution in [0.1, 0.15) is 42.9 Å². The molecule has 78 valence electrons. The van der Waals surface area contributed by atoms with E-state index in [9.17, 15) is 0 Å². The average Bonchev–Trinajstić information content (AvgIpc) is 2.82. The van der Waals surface area contributed by atoms with Crippen LogP contribution in [0.15, 0.2) is 24.3 Å². The van der Waals surface area contributed by atoms with Crippen molar-refractivity contribution in [2.75, 3.05) is 0 Å². The molecular weight excluding hydrogens is 184 g/mol. The number of rotatable bonds is 2. The molecule has 1 saturated carbocycles. The van der Waals surface area contributed by atoms with E-state index in [1.165, 1.54) is 31.2 Å². The first-order chi connectivity index (χ1) is 7.31. The molecule has 0 bridgehead atoms. The van der Waals surface area contributed by atoms with Gasteiger partial charge in [0.15, 0.2) is 0 Å². The molecule has 15 heavy (non-hydrogen) atoms. The Morgan fingerprint density at radius 2 is 1.80 bits per heavy atom. The highest BCUT2D eigenvalue weighted by Crippen LogP contribution is 2.33. The summed E-state index contributed by atoms with van der Waals surface area (Å²) >= 11 is 0. The summed E-state index contributed by atoms with van der Waals surface area (Å²) in [6.07, 6.45) is 5.13. The predicted molar refractivity (Wildman–Crippen MR) is 60.0 cm³/mol. The van der Waals surface area contributed by atoms with Crippen LogP contribution in [-0.4, -0.2) is 0 Å². The monoisotopic (exact) mass is 200 g/mol. The molecule has 0 aromatic heterocycles. The van der Waals surface area contributed by atoms with E-state index in [0.29, 0.717) is 11.5 Å². The average molecular weight is 200 g/mol. The van der Waals surface area contributed by atoms with Gasteiger partial charge in [0, 0.05) is 6.04 Å². The summed E-state index contributed by atoms with van der Waals surface area (Å²) in [5, 5.41) is 8.70. The second kappa shape index (κ2) is 4.46. The smallest absolute Gasteiger partial charge is 0.0991 e. The topological polar surface area (TPSA) is 49.8 Å². The van der Waals surface area contributed by atoms with Crippen molar-refractivity contribution in [3.63, 3.8) is 0 Å². The molecule has 2 N–H and O–H groups in total. The van der Waals surface area contributed by atoms with Crippen LogP contribution < -0.4 is 5.73 Å². The molecular formula is C13H16N2. The number of benzene rings is 1. The van der Waals surface area contributed by atoms with Crippen LogP contribution in [0.2, 0.25) is 0 Å². The van der Waals surface area contributed by atoms with Gasteiger partial charge in [-0.05, 0) is 36.5 Å². The molecule has 0 saturated heterocycles.